The molecule has 1 aliphatic carbocycles. The number of nitrogens with one attached hydrogen (secondary N) is 1. The summed E-state index contributed by atoms with van der Waals surface area (Å²) in [5, 5.41) is 19.7. The number of nitrogens with zero attached hydrogens (tertiary/aromatic N) is 4. The molecule has 0 amide bonds. The van der Waals surface area contributed by atoms with Crippen molar-refractivity contribution < 1.29 is 8.42 Å². The largest absolute Gasteiger partial charge is 0.384 e. The van der Waals surface area contributed by atoms with Gasteiger partial charge in [-0.2, -0.15) is 0 Å². The predicted octanol–water partition coefficient (Wildman–Crippen LogP) is 2.92. The second-order valence-electron chi connectivity index (χ2n) is 8.24. The molecule has 1 aliphatic rings. The van der Waals surface area contributed by atoms with Crippen molar-refractivity contribution in [1.29, 1.82) is 0 Å². The topological polar surface area (TPSA) is 154 Å². The Bertz CT molecular complexity index is 1140. The van der Waals surface area contributed by atoms with E-state index in [-0.39, 0.29) is 10.7 Å². The summed E-state index contributed by atoms with van der Waals surface area (Å²) < 4.78 is 25.6. The number of tetrazole rings is 1. The Hall–Kier alpha value is -2.85. The van der Waals surface area contributed by atoms with Crippen LogP contribution in [0.1, 0.15) is 44.6 Å². The van der Waals surface area contributed by atoms with Gasteiger partial charge in [-0.15, -0.1) is 5.10 Å². The van der Waals surface area contributed by atoms with Gasteiger partial charge in [0.1, 0.15) is 5.82 Å². The van der Waals surface area contributed by atoms with Crippen LogP contribution < -0.4 is 10.9 Å². The highest BCUT2D eigenvalue weighted by molar-refractivity contribution is 7.89. The first-order valence-electron chi connectivity index (χ1n) is 10.5. The van der Waals surface area contributed by atoms with E-state index in [4.69, 9.17) is 10.9 Å². The summed E-state index contributed by atoms with van der Waals surface area (Å²) in [5.74, 6) is 1.81. The zero-order valence-corrected chi connectivity index (χ0v) is 18.3. The Kier molecular flexibility index (Phi) is 6.01. The maximum absolute atomic E-state index is 12.8. The lowest BCUT2D eigenvalue weighted by Crippen LogP contribution is -2.20. The number of hydrogen-bond acceptors (Lipinski definition) is 7. The van der Waals surface area contributed by atoms with Crippen LogP contribution in [0.15, 0.2) is 35.4 Å². The molecule has 2 heterocycles. The van der Waals surface area contributed by atoms with E-state index in [1.54, 1.807) is 18.3 Å². The normalized spacial score (nSPS) is 19.4. The standard InChI is InChI=1S/C21H27N7O2S/c1-2-13-3-5-14(6-4-13)11-15-7-9-17(16-8-10-18(22)24-12-16)19(20(15)31(23,29)30)21-25-27-28-26-21/h7-10,12-14H,2-6,11H2,1H3,(H2,22,24)(H2,23,29,30)(H,25,26,27,28)/t13-,14-. The maximum Gasteiger partial charge on any atom is 0.239 e. The van der Waals surface area contributed by atoms with E-state index in [2.05, 4.69) is 32.5 Å². The van der Waals surface area contributed by atoms with Crippen LogP contribution in [0.3, 0.4) is 0 Å². The number of anilines is 1. The van der Waals surface area contributed by atoms with Crippen LogP contribution in [0.5, 0.6) is 0 Å². The summed E-state index contributed by atoms with van der Waals surface area (Å²) in [4.78, 5) is 4.20. The van der Waals surface area contributed by atoms with E-state index >= 15 is 0 Å². The molecule has 9 nitrogen and oxygen atoms in total. The third-order valence-electron chi connectivity index (χ3n) is 6.26. The summed E-state index contributed by atoms with van der Waals surface area (Å²) in [6, 6.07) is 7.18. The zero-order valence-electron chi connectivity index (χ0n) is 17.5. The van der Waals surface area contributed by atoms with E-state index < -0.39 is 10.0 Å². The van der Waals surface area contributed by atoms with E-state index in [9.17, 15) is 8.42 Å². The molecule has 0 aliphatic heterocycles. The number of nitrogens with two attached hydrogens (primary N) is 2. The third-order valence-corrected chi connectivity index (χ3v) is 7.29. The lowest BCUT2D eigenvalue weighted by molar-refractivity contribution is 0.267. The first-order chi connectivity index (χ1) is 14.9. The summed E-state index contributed by atoms with van der Waals surface area (Å²) >= 11 is 0. The molecular formula is C21H27N7O2S. The average Bonchev–Trinajstić information content (AvgIpc) is 3.28. The fourth-order valence-electron chi connectivity index (χ4n) is 4.57. The van der Waals surface area contributed by atoms with E-state index in [1.165, 1.54) is 19.3 Å². The molecule has 2 aromatic heterocycles. The molecule has 164 valence electrons. The van der Waals surface area contributed by atoms with Crippen molar-refractivity contribution in [3.05, 3.63) is 36.0 Å². The van der Waals surface area contributed by atoms with Gasteiger partial charge in [0.05, 0.1) is 4.90 Å². The van der Waals surface area contributed by atoms with E-state index in [0.29, 0.717) is 40.4 Å². The van der Waals surface area contributed by atoms with Crippen LogP contribution >= 0.6 is 0 Å². The Labute approximate surface area is 181 Å². The highest BCUT2D eigenvalue weighted by Crippen LogP contribution is 2.39. The number of aromatic nitrogens is 5. The van der Waals surface area contributed by atoms with Crippen LogP contribution in [-0.4, -0.2) is 34.0 Å². The Morgan fingerprint density at radius 3 is 2.42 bits per heavy atom. The van der Waals surface area contributed by atoms with Gasteiger partial charge >= 0.3 is 0 Å². The second-order valence-corrected chi connectivity index (χ2v) is 9.74. The van der Waals surface area contributed by atoms with Crippen molar-refractivity contribution in [3.63, 3.8) is 0 Å². The molecule has 0 spiro atoms. The molecule has 1 fully saturated rings. The fraction of sp³-hybridized carbons (Fsp3) is 0.429. The van der Waals surface area contributed by atoms with Crippen molar-refractivity contribution in [1.82, 2.24) is 25.6 Å². The van der Waals surface area contributed by atoms with Crippen LogP contribution in [0.25, 0.3) is 22.5 Å². The number of nitrogen functional groups attached to an aromatic ring is 1. The van der Waals surface area contributed by atoms with Crippen molar-refractivity contribution in [2.24, 2.45) is 17.0 Å². The number of primary sulfonamides is 1. The molecule has 0 bridgehead atoms. The van der Waals surface area contributed by atoms with Gasteiger partial charge in [-0.05, 0) is 64.8 Å². The molecule has 31 heavy (non-hydrogen) atoms. The van der Waals surface area contributed by atoms with Gasteiger partial charge in [0.2, 0.25) is 10.0 Å². The highest BCUT2D eigenvalue weighted by atomic mass is 32.2. The second kappa shape index (κ2) is 8.72. The minimum absolute atomic E-state index is 0.0676. The van der Waals surface area contributed by atoms with Crippen molar-refractivity contribution >= 4 is 15.8 Å². The number of H-pyrrole nitrogens is 1. The zero-order chi connectivity index (χ0) is 22.0. The number of benzene rings is 1. The first-order valence-corrected chi connectivity index (χ1v) is 12.1. The molecule has 0 radical (unpaired) electrons. The van der Waals surface area contributed by atoms with Crippen LogP contribution in [0.2, 0.25) is 0 Å². The molecular weight excluding hydrogens is 414 g/mol. The molecule has 4 rings (SSSR count). The van der Waals surface area contributed by atoms with Crippen molar-refractivity contribution in [2.75, 3.05) is 5.73 Å². The number of pyridine rings is 1. The predicted molar refractivity (Wildman–Crippen MR) is 118 cm³/mol. The number of sulfonamides is 1. The molecule has 0 unspecified atom stereocenters. The Morgan fingerprint density at radius 1 is 1.10 bits per heavy atom. The average molecular weight is 442 g/mol. The summed E-state index contributed by atoms with van der Waals surface area (Å²) in [6.45, 7) is 2.23. The van der Waals surface area contributed by atoms with Gasteiger partial charge in [-0.3, -0.25) is 0 Å². The van der Waals surface area contributed by atoms with Gasteiger partial charge in [0.25, 0.3) is 0 Å². The summed E-state index contributed by atoms with van der Waals surface area (Å²) in [5.41, 5.74) is 8.09. The monoisotopic (exact) mass is 441 g/mol. The highest BCUT2D eigenvalue weighted by Gasteiger charge is 2.28. The molecule has 10 heteroatoms. The molecule has 0 atom stereocenters. The van der Waals surface area contributed by atoms with Gasteiger partial charge in [-0.25, -0.2) is 23.6 Å². The molecule has 1 aromatic carbocycles. The lowest BCUT2D eigenvalue weighted by atomic mass is 9.78. The van der Waals surface area contributed by atoms with Crippen molar-refractivity contribution in [3.8, 4) is 22.5 Å². The third kappa shape index (κ3) is 4.59. The lowest BCUT2D eigenvalue weighted by Gasteiger charge is -2.28. The Morgan fingerprint density at radius 2 is 1.84 bits per heavy atom. The van der Waals surface area contributed by atoms with Crippen molar-refractivity contribution in [2.45, 2.75) is 50.3 Å². The Balaban J connectivity index is 1.84. The van der Waals surface area contributed by atoms with Gasteiger partial charge in [-0.1, -0.05) is 38.3 Å². The minimum Gasteiger partial charge on any atom is -0.384 e. The summed E-state index contributed by atoms with van der Waals surface area (Å²) in [6.07, 6.45) is 7.98. The number of rotatable bonds is 6. The summed E-state index contributed by atoms with van der Waals surface area (Å²) in [7, 11) is -4.06. The van der Waals surface area contributed by atoms with E-state index in [0.717, 1.165) is 18.8 Å². The van der Waals surface area contributed by atoms with Crippen LogP contribution in [0, 0.1) is 11.8 Å². The SMILES string of the molecule is CC[C@H]1CC[C@H](Cc2ccc(-c3ccc(N)nc3)c(-c3nnn[nH]3)c2S(N)(=O)=O)CC1. The number of aromatic amines is 1. The van der Waals surface area contributed by atoms with Gasteiger partial charge < -0.3 is 5.73 Å². The quantitative estimate of drug-likeness (QED) is 0.531. The molecule has 5 N–H and O–H groups in total. The number of hydrogen-bond donors (Lipinski definition) is 3. The maximum atomic E-state index is 12.8. The molecule has 3 aromatic rings. The molecule has 0 saturated heterocycles. The van der Waals surface area contributed by atoms with Crippen LogP contribution in [-0.2, 0) is 16.4 Å². The van der Waals surface area contributed by atoms with E-state index in [1.807, 2.05) is 12.1 Å². The minimum atomic E-state index is -4.06. The molecule has 1 saturated carbocycles. The van der Waals surface area contributed by atoms with Gasteiger partial charge in [0, 0.05) is 17.3 Å². The van der Waals surface area contributed by atoms with Crippen LogP contribution in [0.4, 0.5) is 5.82 Å². The smallest absolute Gasteiger partial charge is 0.239 e. The first kappa shape index (κ1) is 21.4. The fourth-order valence-corrected chi connectivity index (χ4v) is 5.58. The van der Waals surface area contributed by atoms with Gasteiger partial charge in [0.15, 0.2) is 5.82 Å².